The standard InChI is InChI=1S/C22H32N6O4/c1-14-5-8-17-19(25-27(20(17)24-14)11-4-10-26(3)22(30)31)15(2)28(16-6-7-16)21(29)18-13-23-9-12-32-18/h5,8,15-16,18,23H,4,6-7,9-13H2,1-3H3,(H,30,31). The smallest absolute Gasteiger partial charge is 0.407 e. The number of aromatic nitrogens is 3. The maximum Gasteiger partial charge on any atom is 0.407 e. The molecule has 0 aromatic carbocycles. The Morgan fingerprint density at radius 1 is 1.38 bits per heavy atom. The van der Waals surface area contributed by atoms with Crippen LogP contribution in [0.4, 0.5) is 4.79 Å². The fraction of sp³-hybridized carbons (Fsp3) is 0.636. The Kier molecular flexibility index (Phi) is 6.61. The number of hydrogen-bond donors (Lipinski definition) is 2. The van der Waals surface area contributed by atoms with Gasteiger partial charge in [-0.15, -0.1) is 0 Å². The highest BCUT2D eigenvalue weighted by Crippen LogP contribution is 2.37. The Labute approximate surface area is 187 Å². The molecule has 1 aliphatic heterocycles. The van der Waals surface area contributed by atoms with Gasteiger partial charge >= 0.3 is 6.09 Å². The van der Waals surface area contributed by atoms with E-state index in [1.807, 2.05) is 35.6 Å². The van der Waals surface area contributed by atoms with E-state index in [-0.39, 0.29) is 18.0 Å². The summed E-state index contributed by atoms with van der Waals surface area (Å²) in [4.78, 5) is 32.3. The normalized spacial score (nSPS) is 19.7. The van der Waals surface area contributed by atoms with E-state index in [0.29, 0.717) is 32.7 Å². The van der Waals surface area contributed by atoms with Crippen LogP contribution >= 0.6 is 0 Å². The number of nitrogens with zero attached hydrogens (tertiary/aromatic N) is 5. The van der Waals surface area contributed by atoms with E-state index in [0.717, 1.165) is 41.8 Å². The van der Waals surface area contributed by atoms with Crippen molar-refractivity contribution in [3.05, 3.63) is 23.5 Å². The summed E-state index contributed by atoms with van der Waals surface area (Å²) in [5.74, 6) is 0.0121. The fourth-order valence-electron chi connectivity index (χ4n) is 4.25. The van der Waals surface area contributed by atoms with Gasteiger partial charge in [0.2, 0.25) is 0 Å². The molecular formula is C22H32N6O4. The van der Waals surface area contributed by atoms with Gasteiger partial charge in [-0.05, 0) is 45.2 Å². The summed E-state index contributed by atoms with van der Waals surface area (Å²) in [6, 6.07) is 3.98. The maximum absolute atomic E-state index is 13.4. The van der Waals surface area contributed by atoms with Gasteiger partial charge < -0.3 is 25.0 Å². The van der Waals surface area contributed by atoms with Crippen LogP contribution < -0.4 is 5.32 Å². The van der Waals surface area contributed by atoms with Crippen molar-refractivity contribution in [3.8, 4) is 0 Å². The highest BCUT2D eigenvalue weighted by molar-refractivity contribution is 5.84. The second-order valence-corrected chi connectivity index (χ2v) is 8.71. The second kappa shape index (κ2) is 9.41. The third-order valence-corrected chi connectivity index (χ3v) is 6.16. The number of amides is 2. The molecule has 0 spiro atoms. The van der Waals surface area contributed by atoms with Crippen molar-refractivity contribution >= 4 is 23.0 Å². The monoisotopic (exact) mass is 444 g/mol. The minimum Gasteiger partial charge on any atom is -0.465 e. The lowest BCUT2D eigenvalue weighted by Crippen LogP contribution is -2.50. The number of carbonyl (C=O) groups excluding carboxylic acids is 1. The van der Waals surface area contributed by atoms with Crippen LogP contribution in [-0.2, 0) is 16.1 Å². The number of rotatable bonds is 8. The summed E-state index contributed by atoms with van der Waals surface area (Å²) in [5.41, 5.74) is 2.48. The third kappa shape index (κ3) is 4.71. The van der Waals surface area contributed by atoms with Crippen molar-refractivity contribution in [2.24, 2.45) is 0 Å². The van der Waals surface area contributed by atoms with Crippen molar-refractivity contribution in [2.45, 2.75) is 57.8 Å². The van der Waals surface area contributed by atoms with Crippen molar-refractivity contribution in [3.63, 3.8) is 0 Å². The van der Waals surface area contributed by atoms with Crippen LogP contribution in [0.15, 0.2) is 12.1 Å². The first-order valence-electron chi connectivity index (χ1n) is 11.3. The lowest BCUT2D eigenvalue weighted by Gasteiger charge is -2.33. The highest BCUT2D eigenvalue weighted by atomic mass is 16.5. The predicted molar refractivity (Wildman–Crippen MR) is 118 cm³/mol. The largest absolute Gasteiger partial charge is 0.465 e. The second-order valence-electron chi connectivity index (χ2n) is 8.71. The Morgan fingerprint density at radius 2 is 2.16 bits per heavy atom. The van der Waals surface area contributed by atoms with Gasteiger partial charge in [-0.3, -0.25) is 4.79 Å². The molecule has 0 bridgehead atoms. The summed E-state index contributed by atoms with van der Waals surface area (Å²) in [6.07, 6.45) is 1.20. The molecule has 1 saturated heterocycles. The van der Waals surface area contributed by atoms with Crippen molar-refractivity contribution in [1.82, 2.24) is 29.9 Å². The number of hydrogen-bond acceptors (Lipinski definition) is 6. The van der Waals surface area contributed by atoms with Crippen LogP contribution in [0.3, 0.4) is 0 Å². The Balaban J connectivity index is 1.60. The number of fused-ring (bicyclic) bond motifs is 1. The molecule has 1 saturated carbocycles. The summed E-state index contributed by atoms with van der Waals surface area (Å²) in [7, 11) is 1.56. The molecule has 10 nitrogen and oxygen atoms in total. The van der Waals surface area contributed by atoms with E-state index in [1.54, 1.807) is 7.05 Å². The highest BCUT2D eigenvalue weighted by Gasteiger charge is 2.41. The predicted octanol–water partition coefficient (Wildman–Crippen LogP) is 1.78. The zero-order valence-electron chi connectivity index (χ0n) is 19.0. The topological polar surface area (TPSA) is 113 Å². The first-order valence-corrected chi connectivity index (χ1v) is 11.3. The van der Waals surface area contributed by atoms with Gasteiger partial charge in [-0.2, -0.15) is 5.10 Å². The van der Waals surface area contributed by atoms with E-state index >= 15 is 0 Å². The van der Waals surface area contributed by atoms with Gasteiger partial charge in [0.05, 0.1) is 18.3 Å². The van der Waals surface area contributed by atoms with E-state index in [2.05, 4.69) is 5.32 Å². The SMILES string of the molecule is Cc1ccc2c(C(C)N(C(=O)C3CNCCO3)C3CC3)nn(CCCN(C)C(=O)O)c2n1. The molecule has 2 aliphatic rings. The number of ether oxygens (including phenoxy) is 1. The number of carboxylic acid groups (broad SMARTS) is 1. The fourth-order valence-corrected chi connectivity index (χ4v) is 4.25. The number of morpholine rings is 1. The van der Waals surface area contributed by atoms with Gasteiger partial charge in [-0.1, -0.05) is 0 Å². The van der Waals surface area contributed by atoms with Crippen LogP contribution in [0.25, 0.3) is 11.0 Å². The van der Waals surface area contributed by atoms with Gasteiger partial charge in [0.15, 0.2) is 5.65 Å². The molecule has 174 valence electrons. The van der Waals surface area contributed by atoms with Crippen molar-refractivity contribution < 1.29 is 19.4 Å². The summed E-state index contributed by atoms with van der Waals surface area (Å²) < 4.78 is 7.59. The van der Waals surface area contributed by atoms with E-state index in [1.165, 1.54) is 4.90 Å². The van der Waals surface area contributed by atoms with Gasteiger partial charge in [0, 0.05) is 50.3 Å². The van der Waals surface area contributed by atoms with Crippen molar-refractivity contribution in [2.75, 3.05) is 33.3 Å². The molecule has 2 atom stereocenters. The summed E-state index contributed by atoms with van der Waals surface area (Å²) >= 11 is 0. The first kappa shape index (κ1) is 22.5. The molecule has 2 amide bonds. The zero-order valence-corrected chi connectivity index (χ0v) is 19.0. The number of pyridine rings is 1. The quantitative estimate of drug-likeness (QED) is 0.638. The van der Waals surface area contributed by atoms with E-state index in [9.17, 15) is 9.59 Å². The number of carbonyl (C=O) groups is 2. The molecular weight excluding hydrogens is 412 g/mol. The summed E-state index contributed by atoms with van der Waals surface area (Å²) in [5, 5.41) is 18.1. The minimum absolute atomic E-state index is 0.0121. The van der Waals surface area contributed by atoms with Crippen molar-refractivity contribution in [1.29, 1.82) is 0 Å². The molecule has 4 rings (SSSR count). The van der Waals surface area contributed by atoms with Crippen LogP contribution in [0.5, 0.6) is 0 Å². The van der Waals surface area contributed by atoms with Crippen LogP contribution in [0, 0.1) is 6.92 Å². The minimum atomic E-state index is -0.948. The number of nitrogens with one attached hydrogen (secondary N) is 1. The lowest BCUT2D eigenvalue weighted by atomic mass is 10.1. The molecule has 0 radical (unpaired) electrons. The Hall–Kier alpha value is -2.72. The van der Waals surface area contributed by atoms with E-state index in [4.69, 9.17) is 19.9 Å². The lowest BCUT2D eigenvalue weighted by molar-refractivity contribution is -0.148. The first-order chi connectivity index (χ1) is 15.4. The van der Waals surface area contributed by atoms with Crippen LogP contribution in [0.2, 0.25) is 0 Å². The third-order valence-electron chi connectivity index (χ3n) is 6.16. The van der Waals surface area contributed by atoms with Gasteiger partial charge in [0.25, 0.3) is 5.91 Å². The Morgan fingerprint density at radius 3 is 2.81 bits per heavy atom. The van der Waals surface area contributed by atoms with E-state index < -0.39 is 12.2 Å². The number of aryl methyl sites for hydroxylation is 2. The molecule has 32 heavy (non-hydrogen) atoms. The molecule has 10 heteroatoms. The van der Waals surface area contributed by atoms with Crippen LogP contribution in [0.1, 0.15) is 43.6 Å². The zero-order chi connectivity index (χ0) is 22.8. The molecule has 2 aromatic rings. The molecule has 2 unspecified atom stereocenters. The average Bonchev–Trinajstić information content (AvgIpc) is 3.55. The molecule has 2 N–H and O–H groups in total. The Bertz CT molecular complexity index is 982. The molecule has 2 fully saturated rings. The molecule has 1 aliphatic carbocycles. The van der Waals surface area contributed by atoms with Gasteiger partial charge in [-0.25, -0.2) is 14.5 Å². The molecule has 3 heterocycles. The van der Waals surface area contributed by atoms with Crippen LogP contribution in [-0.4, -0.2) is 87.1 Å². The maximum atomic E-state index is 13.4. The molecule has 2 aromatic heterocycles. The van der Waals surface area contributed by atoms with Gasteiger partial charge in [0.1, 0.15) is 6.10 Å². The summed E-state index contributed by atoms with van der Waals surface area (Å²) in [6.45, 7) is 6.75. The average molecular weight is 445 g/mol.